The molecule has 1 fully saturated rings. The van der Waals surface area contributed by atoms with E-state index in [1.165, 1.54) is 16.2 Å². The van der Waals surface area contributed by atoms with Crippen molar-refractivity contribution in [3.63, 3.8) is 0 Å². The fraction of sp³-hybridized carbons (Fsp3) is 0.538. The minimum absolute atomic E-state index is 0.419. The quantitative estimate of drug-likeness (QED) is 0.830. The lowest BCUT2D eigenvalue weighted by Crippen LogP contribution is -2.43. The van der Waals surface area contributed by atoms with Crippen LogP contribution in [0.25, 0.3) is 0 Å². The molecule has 3 rings (SSSR count). The number of alkyl halides is 1. The molecule has 1 atom stereocenters. The lowest BCUT2D eigenvalue weighted by Gasteiger charge is -2.32. The van der Waals surface area contributed by atoms with E-state index < -0.39 is 0 Å². The van der Waals surface area contributed by atoms with Crippen LogP contribution in [0.3, 0.4) is 0 Å². The van der Waals surface area contributed by atoms with Crippen LogP contribution in [-0.2, 0) is 0 Å². The Balaban J connectivity index is 1.57. The minimum Gasteiger partial charge on any atom is -0.313 e. The van der Waals surface area contributed by atoms with Gasteiger partial charge in [-0.2, -0.15) is 0 Å². The molecule has 0 amide bonds. The van der Waals surface area contributed by atoms with Crippen LogP contribution in [-0.4, -0.2) is 23.7 Å². The van der Waals surface area contributed by atoms with Crippen LogP contribution in [0.4, 0.5) is 0 Å². The van der Waals surface area contributed by atoms with E-state index in [2.05, 4.69) is 29.6 Å². The van der Waals surface area contributed by atoms with Gasteiger partial charge < -0.3 is 5.32 Å². The third-order valence-electron chi connectivity index (χ3n) is 3.53. The van der Waals surface area contributed by atoms with Gasteiger partial charge in [0.2, 0.25) is 0 Å². The van der Waals surface area contributed by atoms with Gasteiger partial charge in [-0.1, -0.05) is 18.2 Å². The van der Waals surface area contributed by atoms with E-state index in [0.29, 0.717) is 17.3 Å². The fourth-order valence-electron chi connectivity index (χ4n) is 2.42. The maximum atomic E-state index is 5.98. The first-order chi connectivity index (χ1) is 7.83. The van der Waals surface area contributed by atoms with Gasteiger partial charge in [0, 0.05) is 34.5 Å². The Kier molecular flexibility index (Phi) is 3.14. The zero-order valence-electron chi connectivity index (χ0n) is 9.16. The third-order valence-corrected chi connectivity index (χ3v) is 5.14. The molecule has 1 N–H and O–H groups in total. The number of hydrogen-bond donors (Lipinski definition) is 1. The molecule has 1 heterocycles. The SMILES string of the molecule is ClC1CC(NCC2CSc3ccccc32)C1. The molecule has 1 unspecified atom stereocenters. The summed E-state index contributed by atoms with van der Waals surface area (Å²) in [6.45, 7) is 1.11. The molecular formula is C13H16ClNS. The van der Waals surface area contributed by atoms with Crippen molar-refractivity contribution in [1.82, 2.24) is 5.32 Å². The predicted molar refractivity (Wildman–Crippen MR) is 70.6 cm³/mol. The molecule has 0 aromatic heterocycles. The van der Waals surface area contributed by atoms with Crippen LogP contribution < -0.4 is 5.32 Å². The van der Waals surface area contributed by atoms with Gasteiger partial charge in [-0.15, -0.1) is 23.4 Å². The second-order valence-corrected chi connectivity index (χ2v) is 6.40. The van der Waals surface area contributed by atoms with Gasteiger partial charge in [0.05, 0.1) is 0 Å². The summed E-state index contributed by atoms with van der Waals surface area (Å²) < 4.78 is 0. The van der Waals surface area contributed by atoms with Crippen LogP contribution in [0.1, 0.15) is 24.3 Å². The maximum Gasteiger partial charge on any atom is 0.0365 e. The van der Waals surface area contributed by atoms with Crippen LogP contribution in [0.15, 0.2) is 29.2 Å². The highest BCUT2D eigenvalue weighted by molar-refractivity contribution is 7.99. The van der Waals surface area contributed by atoms with Gasteiger partial charge >= 0.3 is 0 Å². The standard InChI is InChI=1S/C13H16ClNS/c14-10-5-11(6-10)15-7-9-8-16-13-4-2-1-3-12(9)13/h1-4,9-11,15H,5-8H2. The van der Waals surface area contributed by atoms with Crippen molar-refractivity contribution < 1.29 is 0 Å². The highest BCUT2D eigenvalue weighted by Gasteiger charge is 2.29. The summed E-state index contributed by atoms with van der Waals surface area (Å²) in [5.74, 6) is 1.92. The van der Waals surface area contributed by atoms with Crippen molar-refractivity contribution in [1.29, 1.82) is 0 Å². The summed E-state index contributed by atoms with van der Waals surface area (Å²) in [5, 5.41) is 4.05. The Hall–Kier alpha value is -0.180. The fourth-order valence-corrected chi connectivity index (χ4v) is 4.11. The van der Waals surface area contributed by atoms with Crippen LogP contribution in [0, 0.1) is 0 Å². The highest BCUT2D eigenvalue weighted by Crippen LogP contribution is 2.39. The van der Waals surface area contributed by atoms with E-state index in [9.17, 15) is 0 Å². The zero-order valence-corrected chi connectivity index (χ0v) is 10.7. The number of halogens is 1. The summed E-state index contributed by atoms with van der Waals surface area (Å²) >= 11 is 7.96. The normalized spacial score (nSPS) is 32.2. The molecule has 16 heavy (non-hydrogen) atoms. The number of fused-ring (bicyclic) bond motifs is 1. The summed E-state index contributed by atoms with van der Waals surface area (Å²) in [6, 6.07) is 9.45. The molecule has 3 heteroatoms. The first-order valence-corrected chi connectivity index (χ1v) is 7.34. The third kappa shape index (κ3) is 2.11. The van der Waals surface area contributed by atoms with Gasteiger partial charge in [0.15, 0.2) is 0 Å². The molecular weight excluding hydrogens is 238 g/mol. The zero-order chi connectivity index (χ0) is 11.0. The number of hydrogen-bond acceptors (Lipinski definition) is 2. The number of rotatable bonds is 3. The Bertz CT molecular complexity index is 376. The van der Waals surface area contributed by atoms with E-state index in [1.54, 1.807) is 0 Å². The molecule has 0 bridgehead atoms. The van der Waals surface area contributed by atoms with E-state index in [4.69, 9.17) is 11.6 Å². The minimum atomic E-state index is 0.419. The maximum absolute atomic E-state index is 5.98. The van der Waals surface area contributed by atoms with Crippen LogP contribution >= 0.6 is 23.4 Å². The van der Waals surface area contributed by atoms with E-state index in [1.807, 2.05) is 11.8 Å². The molecule has 0 spiro atoms. The first kappa shape index (κ1) is 10.9. The number of thioether (sulfide) groups is 1. The number of benzene rings is 1. The lowest BCUT2D eigenvalue weighted by molar-refractivity contribution is 0.342. The van der Waals surface area contributed by atoms with Crippen molar-refractivity contribution in [3.8, 4) is 0 Å². The van der Waals surface area contributed by atoms with E-state index in [-0.39, 0.29) is 0 Å². The van der Waals surface area contributed by atoms with Gasteiger partial charge in [-0.05, 0) is 24.5 Å². The van der Waals surface area contributed by atoms with Crippen LogP contribution in [0.2, 0.25) is 0 Å². The monoisotopic (exact) mass is 253 g/mol. The topological polar surface area (TPSA) is 12.0 Å². The molecule has 1 saturated carbocycles. The second-order valence-electron chi connectivity index (χ2n) is 4.72. The Morgan fingerprint density at radius 3 is 2.94 bits per heavy atom. The van der Waals surface area contributed by atoms with Gasteiger partial charge in [0.25, 0.3) is 0 Å². The summed E-state index contributed by atoms with van der Waals surface area (Å²) in [4.78, 5) is 1.47. The van der Waals surface area contributed by atoms with Crippen molar-refractivity contribution in [2.75, 3.05) is 12.3 Å². The summed E-state index contributed by atoms with van der Waals surface area (Å²) in [7, 11) is 0. The van der Waals surface area contributed by atoms with Crippen LogP contribution in [0.5, 0.6) is 0 Å². The molecule has 0 radical (unpaired) electrons. The Labute approximate surface area is 106 Å². The molecule has 1 aliphatic heterocycles. The summed E-state index contributed by atoms with van der Waals surface area (Å²) in [5.41, 5.74) is 1.53. The van der Waals surface area contributed by atoms with Crippen molar-refractivity contribution in [3.05, 3.63) is 29.8 Å². The smallest absolute Gasteiger partial charge is 0.0365 e. The summed E-state index contributed by atoms with van der Waals surface area (Å²) in [6.07, 6.45) is 2.28. The molecule has 86 valence electrons. The highest BCUT2D eigenvalue weighted by atomic mass is 35.5. The van der Waals surface area contributed by atoms with E-state index in [0.717, 1.165) is 19.4 Å². The molecule has 1 aliphatic carbocycles. The Morgan fingerprint density at radius 1 is 1.31 bits per heavy atom. The van der Waals surface area contributed by atoms with E-state index >= 15 is 0 Å². The molecule has 2 aliphatic rings. The van der Waals surface area contributed by atoms with Crippen molar-refractivity contribution >= 4 is 23.4 Å². The lowest BCUT2D eigenvalue weighted by atomic mass is 9.91. The Morgan fingerprint density at radius 2 is 2.12 bits per heavy atom. The largest absolute Gasteiger partial charge is 0.313 e. The van der Waals surface area contributed by atoms with Gasteiger partial charge in [-0.25, -0.2) is 0 Å². The average molecular weight is 254 g/mol. The predicted octanol–water partition coefficient (Wildman–Crippen LogP) is 3.24. The van der Waals surface area contributed by atoms with Gasteiger partial charge in [0.1, 0.15) is 0 Å². The average Bonchev–Trinajstić information content (AvgIpc) is 2.66. The molecule has 1 aromatic carbocycles. The van der Waals surface area contributed by atoms with Crippen molar-refractivity contribution in [2.24, 2.45) is 0 Å². The van der Waals surface area contributed by atoms with Crippen molar-refractivity contribution in [2.45, 2.75) is 35.1 Å². The number of nitrogens with one attached hydrogen (secondary N) is 1. The van der Waals surface area contributed by atoms with Gasteiger partial charge in [-0.3, -0.25) is 0 Å². The molecule has 0 saturated heterocycles. The first-order valence-electron chi connectivity index (χ1n) is 5.92. The second kappa shape index (κ2) is 4.59. The molecule has 1 aromatic rings. The molecule has 1 nitrogen and oxygen atoms in total.